The number of hydrogen-bond donors (Lipinski definition) is 2. The molecule has 0 heterocycles. The van der Waals surface area contributed by atoms with Gasteiger partial charge in [0, 0.05) is 0 Å². The van der Waals surface area contributed by atoms with Crippen molar-refractivity contribution < 1.29 is 10.2 Å². The lowest BCUT2D eigenvalue weighted by molar-refractivity contribution is -0.0732. The third-order valence-corrected chi connectivity index (χ3v) is 3.35. The molecule has 2 fully saturated rings. The van der Waals surface area contributed by atoms with Crippen LogP contribution in [0.4, 0.5) is 0 Å². The maximum Gasteiger partial charge on any atom is 0.0550 e. The van der Waals surface area contributed by atoms with Crippen LogP contribution in [0, 0.1) is 5.41 Å². The van der Waals surface area contributed by atoms with Gasteiger partial charge in [-0.15, -0.1) is 0 Å². The second-order valence-electron chi connectivity index (χ2n) is 4.29. The predicted molar refractivity (Wildman–Crippen MR) is 42.1 cm³/mol. The predicted octanol–water partition coefficient (Wildman–Crippen LogP) is 1.06. The van der Waals surface area contributed by atoms with Crippen LogP contribution in [0.5, 0.6) is 0 Å². The number of hydrogen-bond acceptors (Lipinski definition) is 2. The molecular weight excluding hydrogens is 140 g/mol. The fourth-order valence-corrected chi connectivity index (χ4v) is 2.56. The molecule has 0 radical (unpaired) electrons. The molecule has 2 saturated carbocycles. The standard InChI is InChI=1S/C9H16O2/c10-7-1-3-9(4-2-7)5-8(11)6-9/h7-8,10-11H,1-6H2. The minimum atomic E-state index is -0.0571. The zero-order valence-corrected chi connectivity index (χ0v) is 6.79. The Balaban J connectivity index is 1.88. The Kier molecular flexibility index (Phi) is 1.69. The molecule has 0 bridgehead atoms. The number of aliphatic hydroxyl groups excluding tert-OH is 2. The first-order valence-electron chi connectivity index (χ1n) is 4.56. The van der Waals surface area contributed by atoms with E-state index >= 15 is 0 Å². The smallest absolute Gasteiger partial charge is 0.0550 e. The summed E-state index contributed by atoms with van der Waals surface area (Å²) in [5.41, 5.74) is 0.443. The highest BCUT2D eigenvalue weighted by atomic mass is 16.3. The van der Waals surface area contributed by atoms with E-state index in [0.29, 0.717) is 5.41 Å². The number of rotatable bonds is 0. The van der Waals surface area contributed by atoms with Crippen LogP contribution in [0.1, 0.15) is 38.5 Å². The first-order chi connectivity index (χ1) is 5.20. The van der Waals surface area contributed by atoms with Crippen LogP contribution in [0.3, 0.4) is 0 Å². The highest BCUT2D eigenvalue weighted by Crippen LogP contribution is 2.51. The van der Waals surface area contributed by atoms with Crippen molar-refractivity contribution in [3.8, 4) is 0 Å². The van der Waals surface area contributed by atoms with E-state index in [9.17, 15) is 5.11 Å². The lowest BCUT2D eigenvalue weighted by Gasteiger charge is -2.49. The molecule has 2 aliphatic rings. The minimum absolute atomic E-state index is 0.0368. The Morgan fingerprint density at radius 1 is 0.909 bits per heavy atom. The zero-order valence-electron chi connectivity index (χ0n) is 6.79. The van der Waals surface area contributed by atoms with Gasteiger partial charge < -0.3 is 10.2 Å². The van der Waals surface area contributed by atoms with Crippen molar-refractivity contribution >= 4 is 0 Å². The van der Waals surface area contributed by atoms with E-state index in [-0.39, 0.29) is 12.2 Å². The van der Waals surface area contributed by atoms with E-state index < -0.39 is 0 Å². The van der Waals surface area contributed by atoms with Crippen LogP contribution in [0.15, 0.2) is 0 Å². The van der Waals surface area contributed by atoms with E-state index in [4.69, 9.17) is 5.11 Å². The molecule has 0 aliphatic heterocycles. The second-order valence-corrected chi connectivity index (χ2v) is 4.29. The fraction of sp³-hybridized carbons (Fsp3) is 1.00. The molecule has 1 spiro atoms. The topological polar surface area (TPSA) is 40.5 Å². The summed E-state index contributed by atoms with van der Waals surface area (Å²) in [6, 6.07) is 0. The highest BCUT2D eigenvalue weighted by Gasteiger charge is 2.44. The highest BCUT2D eigenvalue weighted by molar-refractivity contribution is 4.96. The van der Waals surface area contributed by atoms with Crippen LogP contribution in [0.25, 0.3) is 0 Å². The van der Waals surface area contributed by atoms with Crippen molar-refractivity contribution in [2.45, 2.75) is 50.7 Å². The Morgan fingerprint density at radius 3 is 1.91 bits per heavy atom. The Hall–Kier alpha value is -0.0800. The monoisotopic (exact) mass is 156 g/mol. The van der Waals surface area contributed by atoms with E-state index in [1.165, 1.54) is 0 Å². The van der Waals surface area contributed by atoms with Gasteiger partial charge in [0.25, 0.3) is 0 Å². The maximum absolute atomic E-state index is 9.26. The van der Waals surface area contributed by atoms with Gasteiger partial charge in [-0.05, 0) is 43.9 Å². The Labute approximate surface area is 67.2 Å². The molecule has 0 atom stereocenters. The Morgan fingerprint density at radius 2 is 1.45 bits per heavy atom. The second kappa shape index (κ2) is 2.46. The Bertz CT molecular complexity index is 140. The van der Waals surface area contributed by atoms with Gasteiger partial charge in [0.2, 0.25) is 0 Å². The molecule has 64 valence electrons. The van der Waals surface area contributed by atoms with E-state index in [2.05, 4.69) is 0 Å². The van der Waals surface area contributed by atoms with E-state index in [1.54, 1.807) is 0 Å². The maximum atomic E-state index is 9.26. The molecule has 11 heavy (non-hydrogen) atoms. The molecule has 2 N–H and O–H groups in total. The molecule has 0 unspecified atom stereocenters. The normalized spacial score (nSPS) is 50.7. The summed E-state index contributed by atoms with van der Waals surface area (Å²) in [6.07, 6.45) is 6.04. The van der Waals surface area contributed by atoms with Crippen molar-refractivity contribution in [1.82, 2.24) is 0 Å². The zero-order chi connectivity index (χ0) is 7.90. The quantitative estimate of drug-likeness (QED) is 0.550. The van der Waals surface area contributed by atoms with Gasteiger partial charge >= 0.3 is 0 Å². The lowest BCUT2D eigenvalue weighted by atomic mass is 9.59. The first-order valence-corrected chi connectivity index (χ1v) is 4.56. The summed E-state index contributed by atoms with van der Waals surface area (Å²) < 4.78 is 0. The minimum Gasteiger partial charge on any atom is -0.393 e. The molecule has 0 aromatic heterocycles. The molecule has 0 aromatic carbocycles. The largest absolute Gasteiger partial charge is 0.393 e. The molecular formula is C9H16O2. The summed E-state index contributed by atoms with van der Waals surface area (Å²) in [4.78, 5) is 0. The molecule has 2 heteroatoms. The summed E-state index contributed by atoms with van der Waals surface area (Å²) in [5.74, 6) is 0. The van der Waals surface area contributed by atoms with Crippen molar-refractivity contribution in [2.75, 3.05) is 0 Å². The summed E-state index contributed by atoms with van der Waals surface area (Å²) in [7, 11) is 0. The van der Waals surface area contributed by atoms with Crippen molar-refractivity contribution in [3.05, 3.63) is 0 Å². The van der Waals surface area contributed by atoms with Crippen LogP contribution in [-0.2, 0) is 0 Å². The van der Waals surface area contributed by atoms with Gasteiger partial charge in [0.1, 0.15) is 0 Å². The van der Waals surface area contributed by atoms with Crippen molar-refractivity contribution in [3.63, 3.8) is 0 Å². The van der Waals surface area contributed by atoms with Gasteiger partial charge in [-0.25, -0.2) is 0 Å². The fourth-order valence-electron chi connectivity index (χ4n) is 2.56. The van der Waals surface area contributed by atoms with Crippen LogP contribution < -0.4 is 0 Å². The van der Waals surface area contributed by atoms with Gasteiger partial charge in [0.15, 0.2) is 0 Å². The van der Waals surface area contributed by atoms with Crippen molar-refractivity contribution in [2.24, 2.45) is 5.41 Å². The van der Waals surface area contributed by atoms with E-state index in [1.807, 2.05) is 0 Å². The van der Waals surface area contributed by atoms with Crippen LogP contribution in [0.2, 0.25) is 0 Å². The molecule has 2 aliphatic carbocycles. The van der Waals surface area contributed by atoms with Gasteiger partial charge in [-0.1, -0.05) is 0 Å². The third kappa shape index (κ3) is 1.30. The van der Waals surface area contributed by atoms with Crippen LogP contribution in [-0.4, -0.2) is 22.4 Å². The van der Waals surface area contributed by atoms with Gasteiger partial charge in [-0.2, -0.15) is 0 Å². The van der Waals surface area contributed by atoms with Crippen molar-refractivity contribution in [1.29, 1.82) is 0 Å². The molecule has 0 saturated heterocycles. The van der Waals surface area contributed by atoms with Gasteiger partial charge in [-0.3, -0.25) is 0 Å². The molecule has 2 nitrogen and oxygen atoms in total. The third-order valence-electron chi connectivity index (χ3n) is 3.35. The first kappa shape index (κ1) is 7.56. The van der Waals surface area contributed by atoms with E-state index in [0.717, 1.165) is 38.5 Å². The summed E-state index contributed by atoms with van der Waals surface area (Å²) in [6.45, 7) is 0. The lowest BCUT2D eigenvalue weighted by Crippen LogP contribution is -2.44. The van der Waals surface area contributed by atoms with Crippen LogP contribution >= 0.6 is 0 Å². The average molecular weight is 156 g/mol. The summed E-state index contributed by atoms with van der Waals surface area (Å²) >= 11 is 0. The average Bonchev–Trinajstić information content (AvgIpc) is 1.92. The molecule has 0 amide bonds. The SMILES string of the molecule is OC1CCC2(CC1)CC(O)C2. The molecule has 0 aromatic rings. The number of aliphatic hydroxyl groups is 2. The summed E-state index contributed by atoms with van der Waals surface area (Å²) in [5, 5.41) is 18.4. The van der Waals surface area contributed by atoms with Gasteiger partial charge in [0.05, 0.1) is 12.2 Å². The molecule has 2 rings (SSSR count).